The Hall–Kier alpha value is -2.42. The summed E-state index contributed by atoms with van der Waals surface area (Å²) in [6.45, 7) is 6.11. The zero-order valence-electron chi connectivity index (χ0n) is 17.4. The van der Waals surface area contributed by atoms with Gasteiger partial charge in [0.05, 0.1) is 6.20 Å². The Balaban J connectivity index is 1.76. The van der Waals surface area contributed by atoms with Crippen molar-refractivity contribution < 1.29 is 18.3 Å². The lowest BCUT2D eigenvalue weighted by atomic mass is 9.93. The highest BCUT2D eigenvalue weighted by atomic mass is 35.5. The van der Waals surface area contributed by atoms with Crippen molar-refractivity contribution in [3.63, 3.8) is 0 Å². The average Bonchev–Trinajstić information content (AvgIpc) is 3.12. The molecule has 164 valence electrons. The molecule has 2 atom stereocenters. The van der Waals surface area contributed by atoms with Gasteiger partial charge in [0.2, 0.25) is 0 Å². The molecule has 0 saturated carbocycles. The van der Waals surface area contributed by atoms with E-state index in [0.29, 0.717) is 40.5 Å². The second-order valence-corrected chi connectivity index (χ2v) is 8.86. The first-order valence-electron chi connectivity index (χ1n) is 9.76. The van der Waals surface area contributed by atoms with E-state index in [1.165, 1.54) is 12.4 Å². The van der Waals surface area contributed by atoms with Crippen molar-refractivity contribution in [2.75, 3.05) is 18.0 Å². The molecule has 1 saturated heterocycles. The van der Waals surface area contributed by atoms with E-state index in [4.69, 9.17) is 16.3 Å². The fraction of sp³-hybridized carbons (Fsp3) is 0.550. The monoisotopic (exact) mass is 441 g/mol. The number of ether oxygens (including phenoxy) is 1. The Kier molecular flexibility index (Phi) is 6.50. The van der Waals surface area contributed by atoms with E-state index < -0.39 is 18.2 Å². The molecule has 1 N–H and O–H groups in total. The maximum atomic E-state index is 12.9. The van der Waals surface area contributed by atoms with Crippen molar-refractivity contribution in [2.24, 2.45) is 5.92 Å². The first kappa shape index (κ1) is 22.3. The molecule has 7 nitrogen and oxygen atoms in total. The Morgan fingerprint density at radius 2 is 2.10 bits per heavy atom. The number of hydrogen-bond donors (Lipinski definition) is 1. The number of carbonyl (C=O) groups excluding carboxylic acids is 1. The van der Waals surface area contributed by atoms with Crippen LogP contribution in [0, 0.1) is 5.92 Å². The highest BCUT2D eigenvalue weighted by molar-refractivity contribution is 6.29. The predicted octanol–water partition coefficient (Wildman–Crippen LogP) is 4.73. The van der Waals surface area contributed by atoms with Gasteiger partial charge in [0.25, 0.3) is 0 Å². The molecule has 2 aromatic heterocycles. The maximum Gasteiger partial charge on any atom is 0.407 e. The molecule has 0 aromatic carbocycles. The highest BCUT2D eigenvalue weighted by Crippen LogP contribution is 2.35. The first-order valence-corrected chi connectivity index (χ1v) is 10.1. The molecule has 3 rings (SSSR count). The third-order valence-electron chi connectivity index (χ3n) is 4.91. The lowest BCUT2D eigenvalue weighted by Gasteiger charge is -2.39. The van der Waals surface area contributed by atoms with E-state index >= 15 is 0 Å². The molecule has 1 aliphatic heterocycles. The Bertz CT molecular complexity index is 900. The number of piperidine rings is 1. The number of carbonyl (C=O) groups is 1. The molecule has 0 spiro atoms. The van der Waals surface area contributed by atoms with Gasteiger partial charge in [-0.3, -0.25) is 0 Å². The zero-order valence-corrected chi connectivity index (χ0v) is 18.2. The summed E-state index contributed by atoms with van der Waals surface area (Å²) < 4.78 is 31.8. The van der Waals surface area contributed by atoms with Crippen molar-refractivity contribution >= 4 is 23.4 Å². The number of halogens is 3. The number of alkyl halides is 2. The van der Waals surface area contributed by atoms with Gasteiger partial charge in [-0.05, 0) is 39.2 Å². The van der Waals surface area contributed by atoms with Crippen LogP contribution in [-0.2, 0) is 4.74 Å². The molecule has 1 aliphatic rings. The number of amides is 1. The third kappa shape index (κ3) is 5.38. The van der Waals surface area contributed by atoms with Gasteiger partial charge in [0.1, 0.15) is 10.8 Å². The van der Waals surface area contributed by atoms with Gasteiger partial charge in [0.15, 0.2) is 0 Å². The summed E-state index contributed by atoms with van der Waals surface area (Å²) in [6, 6.07) is 1.70. The van der Waals surface area contributed by atoms with Crippen LogP contribution in [0.5, 0.6) is 0 Å². The number of pyridine rings is 1. The molecule has 2 aromatic rings. The molecule has 1 amide bonds. The summed E-state index contributed by atoms with van der Waals surface area (Å²) in [5, 5.41) is 6.98. The van der Waals surface area contributed by atoms with Crippen LogP contribution in [-0.4, -0.2) is 45.6 Å². The molecule has 0 aliphatic carbocycles. The number of nitrogens with one attached hydrogen (secondary N) is 1. The van der Waals surface area contributed by atoms with Crippen LogP contribution in [0.4, 0.5) is 19.3 Å². The highest BCUT2D eigenvalue weighted by Gasteiger charge is 2.30. The van der Waals surface area contributed by atoms with Crippen LogP contribution in [0.15, 0.2) is 24.7 Å². The minimum Gasteiger partial charge on any atom is -0.444 e. The predicted molar refractivity (Wildman–Crippen MR) is 111 cm³/mol. The minimum atomic E-state index is -2.71. The molecule has 3 heterocycles. The summed E-state index contributed by atoms with van der Waals surface area (Å²) in [7, 11) is 0. The standard InChI is InChI=1S/C20H26ClF2N5O2/c1-12-10-27(6-5-15(12)26-19(29)30-20(2,3)4)16-7-17(21)24-9-14(16)13-8-25-28(11-13)18(22)23/h7-9,11-12,15,18H,5-6,10H2,1-4H3,(H,26,29)/t12-,15-/m1/s1. The minimum absolute atomic E-state index is 0.0292. The van der Waals surface area contributed by atoms with Crippen LogP contribution >= 0.6 is 11.6 Å². The Labute approximate surface area is 179 Å². The van der Waals surface area contributed by atoms with Gasteiger partial charge in [-0.15, -0.1) is 0 Å². The van der Waals surface area contributed by atoms with Gasteiger partial charge >= 0.3 is 12.6 Å². The quantitative estimate of drug-likeness (QED) is 0.694. The van der Waals surface area contributed by atoms with Gasteiger partial charge < -0.3 is 15.0 Å². The molecule has 10 heteroatoms. The van der Waals surface area contributed by atoms with Gasteiger partial charge in [-0.25, -0.2) is 14.5 Å². The number of alkyl carbamates (subject to hydrolysis) is 1. The number of rotatable bonds is 4. The summed E-state index contributed by atoms with van der Waals surface area (Å²) in [4.78, 5) is 18.4. The van der Waals surface area contributed by atoms with Gasteiger partial charge in [-0.1, -0.05) is 18.5 Å². The number of anilines is 1. The smallest absolute Gasteiger partial charge is 0.407 e. The Morgan fingerprint density at radius 1 is 1.37 bits per heavy atom. The lowest BCUT2D eigenvalue weighted by Crippen LogP contribution is -2.51. The first-order chi connectivity index (χ1) is 14.0. The fourth-order valence-corrected chi connectivity index (χ4v) is 3.68. The second-order valence-electron chi connectivity index (χ2n) is 8.48. The molecule has 30 heavy (non-hydrogen) atoms. The van der Waals surface area contributed by atoms with E-state index in [2.05, 4.69) is 20.3 Å². The summed E-state index contributed by atoms with van der Waals surface area (Å²) in [5.74, 6) is 0.134. The SMILES string of the molecule is C[C@@H]1CN(c2cc(Cl)ncc2-c2cnn(C(F)F)c2)CC[C@H]1NC(=O)OC(C)(C)C. The van der Waals surface area contributed by atoms with Crippen molar-refractivity contribution in [1.82, 2.24) is 20.1 Å². The van der Waals surface area contributed by atoms with Crippen molar-refractivity contribution in [1.29, 1.82) is 0 Å². The van der Waals surface area contributed by atoms with E-state index in [-0.39, 0.29) is 12.0 Å². The summed E-state index contributed by atoms with van der Waals surface area (Å²) in [5.41, 5.74) is 1.46. The topological polar surface area (TPSA) is 72.3 Å². The van der Waals surface area contributed by atoms with E-state index in [1.807, 2.05) is 27.7 Å². The number of hydrogen-bond acceptors (Lipinski definition) is 5. The van der Waals surface area contributed by atoms with Crippen LogP contribution in [0.1, 0.15) is 40.7 Å². The average molecular weight is 442 g/mol. The molecule has 0 unspecified atom stereocenters. The Morgan fingerprint density at radius 3 is 2.70 bits per heavy atom. The zero-order chi connectivity index (χ0) is 22.1. The van der Waals surface area contributed by atoms with Crippen LogP contribution in [0.2, 0.25) is 5.15 Å². The molecule has 0 bridgehead atoms. The molecular weight excluding hydrogens is 416 g/mol. The van der Waals surface area contributed by atoms with Crippen molar-refractivity contribution in [3.8, 4) is 11.1 Å². The number of nitrogens with zero attached hydrogens (tertiary/aromatic N) is 4. The third-order valence-corrected chi connectivity index (χ3v) is 5.12. The van der Waals surface area contributed by atoms with E-state index in [1.54, 1.807) is 12.3 Å². The molecule has 0 radical (unpaired) electrons. The van der Waals surface area contributed by atoms with E-state index in [9.17, 15) is 13.6 Å². The van der Waals surface area contributed by atoms with Crippen LogP contribution in [0.25, 0.3) is 11.1 Å². The fourth-order valence-electron chi connectivity index (χ4n) is 3.53. The van der Waals surface area contributed by atoms with Crippen molar-refractivity contribution in [3.05, 3.63) is 29.8 Å². The normalized spacial score (nSPS) is 19.8. The molecule has 1 fully saturated rings. The summed E-state index contributed by atoms with van der Waals surface area (Å²) in [6.07, 6.45) is 4.52. The van der Waals surface area contributed by atoms with Crippen molar-refractivity contribution in [2.45, 2.75) is 52.3 Å². The van der Waals surface area contributed by atoms with Crippen LogP contribution in [0.3, 0.4) is 0 Å². The second kappa shape index (κ2) is 8.75. The molecular formula is C20H26ClF2N5O2. The maximum absolute atomic E-state index is 12.9. The summed E-state index contributed by atoms with van der Waals surface area (Å²) >= 11 is 6.12. The number of aromatic nitrogens is 3. The lowest BCUT2D eigenvalue weighted by molar-refractivity contribution is 0.0480. The van der Waals surface area contributed by atoms with Gasteiger partial charge in [0, 0.05) is 48.3 Å². The van der Waals surface area contributed by atoms with Crippen LogP contribution < -0.4 is 10.2 Å². The van der Waals surface area contributed by atoms with Gasteiger partial charge in [-0.2, -0.15) is 13.9 Å². The van der Waals surface area contributed by atoms with E-state index in [0.717, 1.165) is 5.69 Å². The largest absolute Gasteiger partial charge is 0.444 e.